The number of halogens is 2. The summed E-state index contributed by atoms with van der Waals surface area (Å²) >= 11 is 11.6. The summed E-state index contributed by atoms with van der Waals surface area (Å²) in [7, 11) is 0. The number of nitrogens with zero attached hydrogens (tertiary/aromatic N) is 1. The van der Waals surface area contributed by atoms with Gasteiger partial charge < -0.3 is 5.32 Å². The molecule has 0 fully saturated rings. The number of hydrogen-bond acceptors (Lipinski definition) is 2. The Morgan fingerprint density at radius 1 is 1.16 bits per heavy atom. The van der Waals surface area contributed by atoms with Gasteiger partial charge in [0.05, 0.1) is 0 Å². The van der Waals surface area contributed by atoms with Crippen LogP contribution >= 0.6 is 23.2 Å². The lowest BCUT2D eigenvalue weighted by Gasteiger charge is -2.05. The topological polar surface area (TPSA) is 42.0 Å². The van der Waals surface area contributed by atoms with E-state index in [-0.39, 0.29) is 5.91 Å². The van der Waals surface area contributed by atoms with E-state index in [1.54, 1.807) is 18.2 Å². The number of benzene rings is 1. The molecule has 1 aromatic carbocycles. The van der Waals surface area contributed by atoms with Gasteiger partial charge in [-0.05, 0) is 36.2 Å². The van der Waals surface area contributed by atoms with Gasteiger partial charge in [0, 0.05) is 11.6 Å². The van der Waals surface area contributed by atoms with Crippen molar-refractivity contribution in [2.75, 3.05) is 6.54 Å². The first-order chi connectivity index (χ1) is 9.15. The van der Waals surface area contributed by atoms with Gasteiger partial charge in [-0.2, -0.15) is 0 Å². The van der Waals surface area contributed by atoms with Gasteiger partial charge in [-0.15, -0.1) is 0 Å². The molecule has 2 rings (SSSR count). The standard InChI is InChI=1S/C14H12Cl2N2O/c15-11-4-1-3-10(9-11)7-8-17-14(19)12-5-2-6-13(16)18-12/h1-6,9H,7-8H2,(H,17,19). The average molecular weight is 295 g/mol. The summed E-state index contributed by atoms with van der Waals surface area (Å²) in [4.78, 5) is 15.7. The summed E-state index contributed by atoms with van der Waals surface area (Å²) in [5, 5.41) is 3.79. The molecular formula is C14H12Cl2N2O. The molecule has 0 aliphatic rings. The quantitative estimate of drug-likeness (QED) is 0.879. The predicted molar refractivity (Wildman–Crippen MR) is 76.7 cm³/mol. The number of nitrogens with one attached hydrogen (secondary N) is 1. The van der Waals surface area contributed by atoms with Crippen LogP contribution in [0.5, 0.6) is 0 Å². The third-order valence-electron chi connectivity index (χ3n) is 2.54. The Morgan fingerprint density at radius 3 is 2.68 bits per heavy atom. The fourth-order valence-electron chi connectivity index (χ4n) is 1.64. The minimum atomic E-state index is -0.232. The number of pyridine rings is 1. The molecule has 1 N–H and O–H groups in total. The summed E-state index contributed by atoms with van der Waals surface area (Å²) in [6, 6.07) is 12.5. The van der Waals surface area contributed by atoms with Gasteiger partial charge in [0.1, 0.15) is 10.8 Å². The van der Waals surface area contributed by atoms with Crippen LogP contribution in [-0.2, 0) is 6.42 Å². The maximum Gasteiger partial charge on any atom is 0.269 e. The van der Waals surface area contributed by atoms with Crippen LogP contribution in [0, 0.1) is 0 Å². The van der Waals surface area contributed by atoms with Gasteiger partial charge in [0.2, 0.25) is 0 Å². The molecule has 1 amide bonds. The third-order valence-corrected chi connectivity index (χ3v) is 2.98. The smallest absolute Gasteiger partial charge is 0.269 e. The van der Waals surface area contributed by atoms with Crippen molar-refractivity contribution in [3.8, 4) is 0 Å². The second kappa shape index (κ2) is 6.55. The first-order valence-corrected chi connectivity index (χ1v) is 6.56. The van der Waals surface area contributed by atoms with Crippen LogP contribution in [0.4, 0.5) is 0 Å². The van der Waals surface area contributed by atoms with E-state index in [1.807, 2.05) is 24.3 Å². The number of rotatable bonds is 4. The summed E-state index contributed by atoms with van der Waals surface area (Å²) < 4.78 is 0. The number of carbonyl (C=O) groups is 1. The third kappa shape index (κ3) is 4.23. The second-order valence-electron chi connectivity index (χ2n) is 3.98. The molecular weight excluding hydrogens is 283 g/mol. The minimum absolute atomic E-state index is 0.232. The molecule has 2 aromatic rings. The van der Waals surface area contributed by atoms with Gasteiger partial charge >= 0.3 is 0 Å². The van der Waals surface area contributed by atoms with Crippen molar-refractivity contribution in [2.45, 2.75) is 6.42 Å². The normalized spacial score (nSPS) is 10.2. The summed E-state index contributed by atoms with van der Waals surface area (Å²) in [5.41, 5.74) is 1.39. The summed E-state index contributed by atoms with van der Waals surface area (Å²) in [6.45, 7) is 0.521. The molecule has 3 nitrogen and oxygen atoms in total. The molecule has 0 spiro atoms. The van der Waals surface area contributed by atoms with E-state index in [4.69, 9.17) is 23.2 Å². The van der Waals surface area contributed by atoms with Crippen molar-refractivity contribution in [3.63, 3.8) is 0 Å². The van der Waals surface area contributed by atoms with Crippen molar-refractivity contribution in [2.24, 2.45) is 0 Å². The van der Waals surface area contributed by atoms with Gasteiger partial charge in [0.25, 0.3) is 5.91 Å². The van der Waals surface area contributed by atoms with Crippen LogP contribution in [0.1, 0.15) is 16.1 Å². The minimum Gasteiger partial charge on any atom is -0.350 e. The Balaban J connectivity index is 1.87. The van der Waals surface area contributed by atoms with Crippen LogP contribution in [-0.4, -0.2) is 17.4 Å². The molecule has 98 valence electrons. The fraction of sp³-hybridized carbons (Fsp3) is 0.143. The zero-order valence-corrected chi connectivity index (χ0v) is 11.6. The summed E-state index contributed by atoms with van der Waals surface area (Å²) in [5.74, 6) is -0.232. The van der Waals surface area contributed by atoms with Crippen molar-refractivity contribution in [1.29, 1.82) is 0 Å². The zero-order chi connectivity index (χ0) is 13.7. The Hall–Kier alpha value is -1.58. The van der Waals surface area contributed by atoms with Gasteiger partial charge in [-0.3, -0.25) is 4.79 Å². The number of amides is 1. The SMILES string of the molecule is O=C(NCCc1cccc(Cl)c1)c1cccc(Cl)n1. The van der Waals surface area contributed by atoms with Gasteiger partial charge in [-0.25, -0.2) is 4.98 Å². The molecule has 0 unspecified atom stereocenters. The van der Waals surface area contributed by atoms with Crippen molar-refractivity contribution >= 4 is 29.1 Å². The highest BCUT2D eigenvalue weighted by Gasteiger charge is 2.06. The van der Waals surface area contributed by atoms with Gasteiger partial charge in [0.15, 0.2) is 0 Å². The second-order valence-corrected chi connectivity index (χ2v) is 4.81. The number of hydrogen-bond donors (Lipinski definition) is 1. The average Bonchev–Trinajstić information content (AvgIpc) is 2.38. The first kappa shape index (κ1) is 13.8. The van der Waals surface area contributed by atoms with Crippen LogP contribution in [0.15, 0.2) is 42.5 Å². The van der Waals surface area contributed by atoms with E-state index >= 15 is 0 Å². The number of aromatic nitrogens is 1. The Morgan fingerprint density at radius 2 is 1.95 bits per heavy atom. The highest BCUT2D eigenvalue weighted by atomic mass is 35.5. The highest BCUT2D eigenvalue weighted by molar-refractivity contribution is 6.30. The molecule has 1 aromatic heterocycles. The van der Waals surface area contributed by atoms with E-state index in [0.29, 0.717) is 28.8 Å². The van der Waals surface area contributed by atoms with Crippen LogP contribution < -0.4 is 5.32 Å². The highest BCUT2D eigenvalue weighted by Crippen LogP contribution is 2.10. The lowest BCUT2D eigenvalue weighted by atomic mass is 10.1. The van der Waals surface area contributed by atoms with E-state index in [9.17, 15) is 4.79 Å². The maximum atomic E-state index is 11.8. The van der Waals surface area contributed by atoms with E-state index in [2.05, 4.69) is 10.3 Å². The largest absolute Gasteiger partial charge is 0.350 e. The maximum absolute atomic E-state index is 11.8. The first-order valence-electron chi connectivity index (χ1n) is 5.80. The lowest BCUT2D eigenvalue weighted by Crippen LogP contribution is -2.26. The molecule has 0 saturated carbocycles. The predicted octanol–water partition coefficient (Wildman–Crippen LogP) is 3.36. The molecule has 1 heterocycles. The lowest BCUT2D eigenvalue weighted by molar-refractivity contribution is 0.0949. The molecule has 0 aliphatic heterocycles. The Kier molecular flexibility index (Phi) is 4.77. The monoisotopic (exact) mass is 294 g/mol. The van der Waals surface area contributed by atoms with Crippen LogP contribution in [0.25, 0.3) is 0 Å². The van der Waals surface area contributed by atoms with E-state index in [1.165, 1.54) is 0 Å². The molecule has 0 saturated heterocycles. The molecule has 0 radical (unpaired) electrons. The molecule has 5 heteroatoms. The Labute approximate surface area is 121 Å². The van der Waals surface area contributed by atoms with Crippen molar-refractivity contribution in [1.82, 2.24) is 10.3 Å². The van der Waals surface area contributed by atoms with Crippen molar-refractivity contribution in [3.05, 3.63) is 63.9 Å². The van der Waals surface area contributed by atoms with Crippen LogP contribution in [0.3, 0.4) is 0 Å². The fourth-order valence-corrected chi connectivity index (χ4v) is 2.01. The summed E-state index contributed by atoms with van der Waals surface area (Å²) in [6.07, 6.45) is 0.715. The van der Waals surface area contributed by atoms with E-state index < -0.39 is 0 Å². The number of carbonyl (C=O) groups excluding carboxylic acids is 1. The van der Waals surface area contributed by atoms with Crippen molar-refractivity contribution < 1.29 is 4.79 Å². The van der Waals surface area contributed by atoms with E-state index in [0.717, 1.165) is 5.56 Å². The molecule has 0 atom stereocenters. The Bertz CT molecular complexity index is 587. The molecule has 0 aliphatic carbocycles. The van der Waals surface area contributed by atoms with Crippen LogP contribution in [0.2, 0.25) is 10.2 Å². The zero-order valence-electron chi connectivity index (χ0n) is 10.1. The molecule has 19 heavy (non-hydrogen) atoms. The molecule has 0 bridgehead atoms. The van der Waals surface area contributed by atoms with Gasteiger partial charge in [-0.1, -0.05) is 41.4 Å².